The maximum atomic E-state index is 12.3. The Hall–Kier alpha value is -1.56. The predicted molar refractivity (Wildman–Crippen MR) is 74.2 cm³/mol. The average Bonchev–Trinajstić information content (AvgIpc) is 2.38. The van der Waals surface area contributed by atoms with E-state index in [0.717, 1.165) is 4.47 Å². The van der Waals surface area contributed by atoms with E-state index in [1.165, 1.54) is 4.90 Å². The second-order valence-corrected chi connectivity index (χ2v) is 5.50. The van der Waals surface area contributed by atoms with Gasteiger partial charge in [-0.2, -0.15) is 0 Å². The quantitative estimate of drug-likeness (QED) is 0.861. The minimum absolute atomic E-state index is 0.0515. The predicted octanol–water partition coefficient (Wildman–Crippen LogP) is 2.27. The van der Waals surface area contributed by atoms with E-state index >= 15 is 0 Å². The van der Waals surface area contributed by atoms with E-state index in [4.69, 9.17) is 5.11 Å². The zero-order chi connectivity index (χ0) is 14.0. The van der Waals surface area contributed by atoms with E-state index in [2.05, 4.69) is 15.9 Å². The molecule has 1 atom stereocenters. The molecule has 6 heteroatoms. The third-order valence-corrected chi connectivity index (χ3v) is 3.78. The maximum absolute atomic E-state index is 12.3. The molecule has 1 heterocycles. The van der Waals surface area contributed by atoms with Crippen molar-refractivity contribution < 1.29 is 14.7 Å². The number of nitrogens with zero attached hydrogens (tertiary/aromatic N) is 2. The monoisotopic (exact) mass is 326 g/mol. The van der Waals surface area contributed by atoms with Crippen LogP contribution in [-0.2, 0) is 0 Å². The van der Waals surface area contributed by atoms with Crippen molar-refractivity contribution in [3.8, 4) is 0 Å². The highest BCUT2D eigenvalue weighted by Crippen LogP contribution is 2.15. The molecule has 1 aromatic carbocycles. The number of amides is 2. The van der Waals surface area contributed by atoms with Crippen LogP contribution < -0.4 is 0 Å². The van der Waals surface area contributed by atoms with Crippen LogP contribution >= 0.6 is 15.9 Å². The zero-order valence-corrected chi connectivity index (χ0v) is 12.1. The number of carbonyl (C=O) groups excluding carboxylic acids is 1. The lowest BCUT2D eigenvalue weighted by molar-refractivity contribution is 0.0507. The largest absolute Gasteiger partial charge is 0.465 e. The summed E-state index contributed by atoms with van der Waals surface area (Å²) in [6.07, 6.45) is -0.928. The summed E-state index contributed by atoms with van der Waals surface area (Å²) >= 11 is 3.33. The second-order valence-electron chi connectivity index (χ2n) is 4.58. The number of carboxylic acid groups (broad SMARTS) is 1. The van der Waals surface area contributed by atoms with Crippen LogP contribution in [0.4, 0.5) is 4.79 Å². The Morgan fingerprint density at radius 2 is 1.89 bits per heavy atom. The Bertz CT molecular complexity index is 489. The molecule has 0 spiro atoms. The van der Waals surface area contributed by atoms with Gasteiger partial charge in [-0.1, -0.05) is 15.9 Å². The topological polar surface area (TPSA) is 60.9 Å². The van der Waals surface area contributed by atoms with Crippen molar-refractivity contribution in [2.75, 3.05) is 19.6 Å². The standard InChI is InChI=1S/C13H15BrN2O3/c1-9-8-15(6-7-16(9)13(18)19)12(17)10-2-4-11(14)5-3-10/h2-5,9H,6-8H2,1H3,(H,18,19)/t9-/m0/s1. The SMILES string of the molecule is C[C@H]1CN(C(=O)c2ccc(Br)cc2)CCN1C(=O)O. The first kappa shape index (κ1) is 13.9. The molecule has 1 aliphatic rings. The summed E-state index contributed by atoms with van der Waals surface area (Å²) in [5.74, 6) is -0.0515. The summed E-state index contributed by atoms with van der Waals surface area (Å²) in [4.78, 5) is 26.3. The smallest absolute Gasteiger partial charge is 0.407 e. The van der Waals surface area contributed by atoms with Crippen LogP contribution in [0.5, 0.6) is 0 Å². The van der Waals surface area contributed by atoms with Gasteiger partial charge in [-0.15, -0.1) is 0 Å². The highest BCUT2D eigenvalue weighted by atomic mass is 79.9. The van der Waals surface area contributed by atoms with E-state index in [0.29, 0.717) is 25.2 Å². The zero-order valence-electron chi connectivity index (χ0n) is 10.5. The highest BCUT2D eigenvalue weighted by Gasteiger charge is 2.29. The molecule has 0 saturated carbocycles. The first-order chi connectivity index (χ1) is 8.99. The molecule has 2 rings (SSSR count). The summed E-state index contributed by atoms with van der Waals surface area (Å²) in [6, 6.07) is 7.00. The summed E-state index contributed by atoms with van der Waals surface area (Å²) in [7, 11) is 0. The number of hydrogen-bond acceptors (Lipinski definition) is 2. The molecule has 0 aliphatic carbocycles. The van der Waals surface area contributed by atoms with E-state index in [9.17, 15) is 9.59 Å². The number of benzene rings is 1. The Kier molecular flexibility index (Phi) is 4.09. The summed E-state index contributed by atoms with van der Waals surface area (Å²) in [5.41, 5.74) is 0.624. The third-order valence-electron chi connectivity index (χ3n) is 3.25. The van der Waals surface area contributed by atoms with Crippen LogP contribution in [0, 0.1) is 0 Å². The third kappa shape index (κ3) is 3.07. The van der Waals surface area contributed by atoms with Crippen LogP contribution in [0.25, 0.3) is 0 Å². The van der Waals surface area contributed by atoms with Gasteiger partial charge in [-0.05, 0) is 31.2 Å². The average molecular weight is 327 g/mol. The first-order valence-corrected chi connectivity index (χ1v) is 6.82. The lowest BCUT2D eigenvalue weighted by atomic mass is 10.1. The minimum atomic E-state index is -0.928. The highest BCUT2D eigenvalue weighted by molar-refractivity contribution is 9.10. The molecule has 1 aliphatic heterocycles. The molecule has 1 N–H and O–H groups in total. The molecular weight excluding hydrogens is 312 g/mol. The van der Waals surface area contributed by atoms with Gasteiger partial charge in [0.1, 0.15) is 0 Å². The van der Waals surface area contributed by atoms with Crippen LogP contribution in [0.1, 0.15) is 17.3 Å². The molecular formula is C13H15BrN2O3. The molecule has 0 unspecified atom stereocenters. The molecule has 0 bridgehead atoms. The van der Waals surface area contributed by atoms with Crippen molar-refractivity contribution >= 4 is 27.9 Å². The van der Waals surface area contributed by atoms with Crippen LogP contribution in [0.2, 0.25) is 0 Å². The maximum Gasteiger partial charge on any atom is 0.407 e. The second kappa shape index (κ2) is 5.61. The Labute approximate surface area is 119 Å². The van der Waals surface area contributed by atoms with E-state index < -0.39 is 6.09 Å². The number of hydrogen-bond donors (Lipinski definition) is 1. The number of piperazine rings is 1. The fourth-order valence-electron chi connectivity index (χ4n) is 2.20. The Morgan fingerprint density at radius 3 is 2.42 bits per heavy atom. The van der Waals surface area contributed by atoms with Gasteiger partial charge in [-0.3, -0.25) is 4.79 Å². The van der Waals surface area contributed by atoms with Gasteiger partial charge in [0.25, 0.3) is 5.91 Å². The Morgan fingerprint density at radius 1 is 1.26 bits per heavy atom. The van der Waals surface area contributed by atoms with Crippen molar-refractivity contribution in [3.05, 3.63) is 34.3 Å². The van der Waals surface area contributed by atoms with Gasteiger partial charge in [0, 0.05) is 35.7 Å². The minimum Gasteiger partial charge on any atom is -0.465 e. The summed E-state index contributed by atoms with van der Waals surface area (Å²) in [6.45, 7) is 3.04. The first-order valence-electron chi connectivity index (χ1n) is 6.03. The molecule has 1 saturated heterocycles. The van der Waals surface area contributed by atoms with Gasteiger partial charge >= 0.3 is 6.09 Å². The van der Waals surface area contributed by atoms with Crippen molar-refractivity contribution in [1.82, 2.24) is 9.80 Å². The molecule has 5 nitrogen and oxygen atoms in total. The van der Waals surface area contributed by atoms with Crippen molar-refractivity contribution in [2.24, 2.45) is 0 Å². The van der Waals surface area contributed by atoms with E-state index in [1.807, 2.05) is 19.1 Å². The van der Waals surface area contributed by atoms with Crippen LogP contribution in [0.3, 0.4) is 0 Å². The van der Waals surface area contributed by atoms with Crippen molar-refractivity contribution in [1.29, 1.82) is 0 Å². The molecule has 0 radical (unpaired) electrons. The fraction of sp³-hybridized carbons (Fsp3) is 0.385. The van der Waals surface area contributed by atoms with Gasteiger partial charge < -0.3 is 14.9 Å². The van der Waals surface area contributed by atoms with E-state index in [-0.39, 0.29) is 11.9 Å². The molecule has 2 amide bonds. The molecule has 1 fully saturated rings. The van der Waals surface area contributed by atoms with Crippen LogP contribution in [-0.4, -0.2) is 52.6 Å². The lowest BCUT2D eigenvalue weighted by Crippen LogP contribution is -2.55. The normalized spacial score (nSPS) is 19.4. The van der Waals surface area contributed by atoms with Gasteiger partial charge in [0.05, 0.1) is 0 Å². The van der Waals surface area contributed by atoms with Crippen LogP contribution in [0.15, 0.2) is 28.7 Å². The van der Waals surface area contributed by atoms with Gasteiger partial charge in [0.15, 0.2) is 0 Å². The molecule has 0 aromatic heterocycles. The number of carbonyl (C=O) groups is 2. The van der Waals surface area contributed by atoms with E-state index in [1.54, 1.807) is 17.0 Å². The van der Waals surface area contributed by atoms with Gasteiger partial charge in [-0.25, -0.2) is 4.79 Å². The summed E-state index contributed by atoms with van der Waals surface area (Å²) < 4.78 is 0.924. The lowest BCUT2D eigenvalue weighted by Gasteiger charge is -2.38. The fourth-order valence-corrected chi connectivity index (χ4v) is 2.47. The van der Waals surface area contributed by atoms with Crippen molar-refractivity contribution in [2.45, 2.75) is 13.0 Å². The van der Waals surface area contributed by atoms with Crippen molar-refractivity contribution in [3.63, 3.8) is 0 Å². The van der Waals surface area contributed by atoms with Gasteiger partial charge in [0.2, 0.25) is 0 Å². The Balaban J connectivity index is 2.06. The molecule has 19 heavy (non-hydrogen) atoms. The summed E-state index contributed by atoms with van der Waals surface area (Å²) in [5, 5.41) is 9.00. The molecule has 102 valence electrons. The number of halogens is 1. The molecule has 1 aromatic rings. The number of rotatable bonds is 1.